The fourth-order valence-corrected chi connectivity index (χ4v) is 3.80. The molecule has 1 fully saturated rings. The van der Waals surface area contributed by atoms with Crippen molar-refractivity contribution in [1.29, 1.82) is 0 Å². The van der Waals surface area contributed by atoms with Gasteiger partial charge in [-0.25, -0.2) is 0 Å². The van der Waals surface area contributed by atoms with Gasteiger partial charge in [0.2, 0.25) is 0 Å². The molecule has 0 aliphatic heterocycles. The minimum Gasteiger partial charge on any atom is -0.493 e. The van der Waals surface area contributed by atoms with Crippen LogP contribution in [-0.4, -0.2) is 41.3 Å². The first-order chi connectivity index (χ1) is 12.6. The Morgan fingerprint density at radius 3 is 2.62 bits per heavy atom. The van der Waals surface area contributed by atoms with E-state index >= 15 is 0 Å². The summed E-state index contributed by atoms with van der Waals surface area (Å²) in [5.74, 6) is 1.84. The predicted octanol–water partition coefficient (Wildman–Crippen LogP) is 3.65. The first-order valence-corrected chi connectivity index (χ1v) is 9.15. The van der Waals surface area contributed by atoms with Crippen LogP contribution >= 0.6 is 0 Å². The number of nitrogens with one attached hydrogen (secondary N) is 1. The third kappa shape index (κ3) is 3.84. The number of aromatic nitrogens is 2. The molecule has 0 bridgehead atoms. The summed E-state index contributed by atoms with van der Waals surface area (Å²) in [4.78, 5) is 15.1. The summed E-state index contributed by atoms with van der Waals surface area (Å²) in [6, 6.07) is 7.78. The van der Waals surface area contributed by atoms with Gasteiger partial charge in [-0.15, -0.1) is 0 Å². The first kappa shape index (κ1) is 18.3. The van der Waals surface area contributed by atoms with E-state index in [1.54, 1.807) is 26.5 Å². The number of hydrogen-bond acceptors (Lipinski definition) is 4. The molecule has 26 heavy (non-hydrogen) atoms. The number of rotatable bonds is 6. The van der Waals surface area contributed by atoms with Crippen molar-refractivity contribution in [3.05, 3.63) is 41.7 Å². The average molecular weight is 357 g/mol. The predicted molar refractivity (Wildman–Crippen MR) is 99.4 cm³/mol. The average Bonchev–Trinajstić information content (AvgIpc) is 3.21. The highest BCUT2D eigenvalue weighted by molar-refractivity contribution is 5.92. The van der Waals surface area contributed by atoms with Gasteiger partial charge in [0.25, 0.3) is 5.91 Å². The van der Waals surface area contributed by atoms with Crippen molar-refractivity contribution in [2.24, 2.45) is 5.92 Å². The number of methoxy groups -OCH3 is 2. The largest absolute Gasteiger partial charge is 0.493 e. The van der Waals surface area contributed by atoms with Crippen LogP contribution in [0.5, 0.6) is 11.5 Å². The molecule has 1 aliphatic carbocycles. The molecule has 1 saturated carbocycles. The van der Waals surface area contributed by atoms with Crippen molar-refractivity contribution in [1.82, 2.24) is 15.1 Å². The van der Waals surface area contributed by atoms with Crippen LogP contribution in [0.2, 0.25) is 0 Å². The summed E-state index contributed by atoms with van der Waals surface area (Å²) in [5, 5.41) is 6.75. The summed E-state index contributed by atoms with van der Waals surface area (Å²) in [7, 11) is 3.24. The molecule has 6 heteroatoms. The molecular formula is C20H27N3O3. The lowest BCUT2D eigenvalue weighted by molar-refractivity contribution is 0.0522. The van der Waals surface area contributed by atoms with E-state index in [9.17, 15) is 4.79 Å². The van der Waals surface area contributed by atoms with E-state index in [2.05, 4.69) is 17.1 Å². The monoisotopic (exact) mass is 357 g/mol. The topological polar surface area (TPSA) is 67.5 Å². The number of hydrogen-bond donors (Lipinski definition) is 1. The van der Waals surface area contributed by atoms with Crippen LogP contribution in [-0.2, 0) is 6.54 Å². The maximum absolute atomic E-state index is 13.1. The number of carbonyl (C=O) groups is 1. The number of carbonyl (C=O) groups excluding carboxylic acids is 1. The van der Waals surface area contributed by atoms with Crippen molar-refractivity contribution in [2.75, 3.05) is 14.2 Å². The Balaban J connectivity index is 1.89. The van der Waals surface area contributed by atoms with Gasteiger partial charge in [0.15, 0.2) is 11.5 Å². The van der Waals surface area contributed by atoms with Crippen molar-refractivity contribution in [2.45, 2.75) is 45.2 Å². The molecule has 1 heterocycles. The van der Waals surface area contributed by atoms with Gasteiger partial charge in [-0.05, 0) is 42.5 Å². The Morgan fingerprint density at radius 2 is 1.96 bits per heavy atom. The fourth-order valence-electron chi connectivity index (χ4n) is 3.80. The minimum atomic E-state index is -0.00367. The lowest BCUT2D eigenvalue weighted by atomic mass is 9.84. The number of nitrogens with zero attached hydrogens (tertiary/aromatic N) is 2. The van der Waals surface area contributed by atoms with Crippen molar-refractivity contribution < 1.29 is 14.3 Å². The summed E-state index contributed by atoms with van der Waals surface area (Å²) in [6.07, 6.45) is 6.21. The molecule has 1 amide bonds. The number of H-pyrrole nitrogens is 1. The SMILES string of the molecule is COc1ccc(CN(C(=O)c2ccn[nH]2)[C@H]2CCCC[C@H]2C)cc1OC. The standard InChI is InChI=1S/C20H27N3O3/c1-14-6-4-5-7-17(14)23(20(24)16-10-11-21-22-16)13-15-8-9-18(25-2)19(12-15)26-3/h8-12,14,17H,4-7,13H2,1-3H3,(H,21,22)/t14-,17+/m1/s1. The van der Waals surface area contributed by atoms with E-state index in [0.29, 0.717) is 29.7 Å². The Bertz CT molecular complexity index is 730. The number of ether oxygens (including phenoxy) is 2. The van der Waals surface area contributed by atoms with Crippen LogP contribution in [0.1, 0.15) is 48.7 Å². The lowest BCUT2D eigenvalue weighted by Crippen LogP contribution is -2.45. The Kier molecular flexibility index (Phi) is 5.81. The normalized spacial score (nSPS) is 19.8. The van der Waals surface area contributed by atoms with Gasteiger partial charge >= 0.3 is 0 Å². The number of amides is 1. The van der Waals surface area contributed by atoms with Gasteiger partial charge in [-0.2, -0.15) is 5.10 Å². The summed E-state index contributed by atoms with van der Waals surface area (Å²) < 4.78 is 10.7. The third-order valence-electron chi connectivity index (χ3n) is 5.26. The zero-order valence-corrected chi connectivity index (χ0v) is 15.7. The summed E-state index contributed by atoms with van der Waals surface area (Å²) >= 11 is 0. The van der Waals surface area contributed by atoms with Gasteiger partial charge in [0.05, 0.1) is 14.2 Å². The molecule has 3 rings (SSSR count). The maximum Gasteiger partial charge on any atom is 0.272 e. The van der Waals surface area contributed by atoms with Crippen LogP contribution in [0.25, 0.3) is 0 Å². The third-order valence-corrected chi connectivity index (χ3v) is 5.26. The van der Waals surface area contributed by atoms with Crippen molar-refractivity contribution in [3.63, 3.8) is 0 Å². The molecule has 2 atom stereocenters. The van der Waals surface area contributed by atoms with Gasteiger partial charge < -0.3 is 14.4 Å². The number of benzene rings is 1. The minimum absolute atomic E-state index is 0.00367. The zero-order valence-electron chi connectivity index (χ0n) is 15.7. The smallest absolute Gasteiger partial charge is 0.272 e. The second kappa shape index (κ2) is 8.25. The summed E-state index contributed by atoms with van der Waals surface area (Å²) in [5.41, 5.74) is 1.55. The zero-order chi connectivity index (χ0) is 18.5. The highest BCUT2D eigenvalue weighted by Gasteiger charge is 2.31. The molecule has 2 aromatic rings. The second-order valence-corrected chi connectivity index (χ2v) is 6.92. The summed E-state index contributed by atoms with van der Waals surface area (Å²) in [6.45, 7) is 2.78. The van der Waals surface area contributed by atoms with Gasteiger partial charge in [-0.1, -0.05) is 25.8 Å². The molecule has 1 aromatic carbocycles. The molecule has 1 aliphatic rings. The molecule has 6 nitrogen and oxygen atoms in total. The number of aromatic amines is 1. The van der Waals surface area contributed by atoms with Gasteiger partial charge in [-0.3, -0.25) is 9.89 Å². The van der Waals surface area contributed by atoms with E-state index in [-0.39, 0.29) is 11.9 Å². The molecule has 0 radical (unpaired) electrons. The quantitative estimate of drug-likeness (QED) is 0.857. The lowest BCUT2D eigenvalue weighted by Gasteiger charge is -2.38. The molecule has 0 unspecified atom stereocenters. The fraction of sp³-hybridized carbons (Fsp3) is 0.500. The first-order valence-electron chi connectivity index (χ1n) is 9.15. The highest BCUT2D eigenvalue weighted by atomic mass is 16.5. The molecule has 0 saturated heterocycles. The molecule has 1 aromatic heterocycles. The van der Waals surface area contributed by atoms with E-state index in [4.69, 9.17) is 9.47 Å². The van der Waals surface area contributed by atoms with Crippen LogP contribution in [0, 0.1) is 5.92 Å². The highest BCUT2D eigenvalue weighted by Crippen LogP contribution is 2.32. The Labute approximate surface area is 154 Å². The maximum atomic E-state index is 13.1. The van der Waals surface area contributed by atoms with E-state index in [1.165, 1.54) is 6.42 Å². The Hall–Kier alpha value is -2.50. The molecule has 140 valence electrons. The van der Waals surface area contributed by atoms with E-state index in [1.807, 2.05) is 23.1 Å². The van der Waals surface area contributed by atoms with E-state index < -0.39 is 0 Å². The van der Waals surface area contributed by atoms with Gasteiger partial charge in [0, 0.05) is 18.8 Å². The van der Waals surface area contributed by atoms with Crippen LogP contribution in [0.3, 0.4) is 0 Å². The van der Waals surface area contributed by atoms with Crippen molar-refractivity contribution in [3.8, 4) is 11.5 Å². The van der Waals surface area contributed by atoms with Crippen LogP contribution in [0.4, 0.5) is 0 Å². The van der Waals surface area contributed by atoms with E-state index in [0.717, 1.165) is 24.8 Å². The van der Waals surface area contributed by atoms with Gasteiger partial charge in [0.1, 0.15) is 5.69 Å². The molecule has 0 spiro atoms. The Morgan fingerprint density at radius 1 is 1.19 bits per heavy atom. The second-order valence-electron chi connectivity index (χ2n) is 6.92. The molecular weight excluding hydrogens is 330 g/mol. The van der Waals surface area contributed by atoms with Crippen molar-refractivity contribution >= 4 is 5.91 Å². The van der Waals surface area contributed by atoms with Crippen LogP contribution < -0.4 is 9.47 Å². The molecule has 1 N–H and O–H groups in total. The van der Waals surface area contributed by atoms with Crippen LogP contribution in [0.15, 0.2) is 30.5 Å².